The van der Waals surface area contributed by atoms with Gasteiger partial charge in [0.05, 0.1) is 24.6 Å². The Balaban J connectivity index is 1.86. The predicted octanol–water partition coefficient (Wildman–Crippen LogP) is 2.69. The van der Waals surface area contributed by atoms with Gasteiger partial charge in [0.15, 0.2) is 0 Å². The van der Waals surface area contributed by atoms with Gasteiger partial charge in [-0.25, -0.2) is 18.4 Å². The zero-order valence-electron chi connectivity index (χ0n) is 19.1. The van der Waals surface area contributed by atoms with Crippen LogP contribution >= 0.6 is 0 Å². The van der Waals surface area contributed by atoms with Gasteiger partial charge >= 0.3 is 0 Å². The van der Waals surface area contributed by atoms with Gasteiger partial charge in [-0.1, -0.05) is 31.0 Å². The van der Waals surface area contributed by atoms with Crippen LogP contribution in [0.3, 0.4) is 0 Å². The van der Waals surface area contributed by atoms with Crippen molar-refractivity contribution in [1.82, 2.24) is 19.7 Å². The Morgan fingerprint density at radius 1 is 1.23 bits per heavy atom. The SMILES string of the molecule is C#CCN(Cc1ccc(S(=O)(=O)OCCC)cc1)CC(O)(Cn1cncn1)c1ccc(F)cc1F. The molecule has 2 aromatic carbocycles. The molecule has 1 atom stereocenters. The molecule has 0 saturated heterocycles. The molecule has 8 nitrogen and oxygen atoms in total. The van der Waals surface area contributed by atoms with Crippen molar-refractivity contribution in [2.45, 2.75) is 36.9 Å². The molecule has 1 aromatic heterocycles. The summed E-state index contributed by atoms with van der Waals surface area (Å²) in [6.45, 7) is 1.93. The van der Waals surface area contributed by atoms with Gasteiger partial charge in [0.1, 0.15) is 29.9 Å². The van der Waals surface area contributed by atoms with E-state index in [4.69, 9.17) is 10.6 Å². The third-order valence-corrected chi connectivity index (χ3v) is 6.51. The van der Waals surface area contributed by atoms with E-state index in [0.717, 1.165) is 6.07 Å². The molecule has 11 heteroatoms. The Bertz CT molecular complexity index is 1260. The van der Waals surface area contributed by atoms with Crippen LogP contribution < -0.4 is 0 Å². The van der Waals surface area contributed by atoms with Crippen LogP contribution in [0.15, 0.2) is 60.0 Å². The maximum absolute atomic E-state index is 14.7. The summed E-state index contributed by atoms with van der Waals surface area (Å²) in [4.78, 5) is 5.56. The summed E-state index contributed by atoms with van der Waals surface area (Å²) in [6, 6.07) is 9.03. The summed E-state index contributed by atoms with van der Waals surface area (Å²) in [5, 5.41) is 15.6. The van der Waals surface area contributed by atoms with E-state index in [1.807, 2.05) is 0 Å². The molecular weight excluding hydrogens is 478 g/mol. The normalized spacial score (nSPS) is 13.5. The van der Waals surface area contributed by atoms with Crippen LogP contribution in [-0.4, -0.2) is 52.9 Å². The smallest absolute Gasteiger partial charge is 0.296 e. The summed E-state index contributed by atoms with van der Waals surface area (Å²) >= 11 is 0. The summed E-state index contributed by atoms with van der Waals surface area (Å²) in [5.41, 5.74) is -1.25. The lowest BCUT2D eigenvalue weighted by atomic mass is 9.92. The second-order valence-electron chi connectivity index (χ2n) is 8.02. The number of hydrogen-bond acceptors (Lipinski definition) is 7. The molecule has 0 radical (unpaired) electrons. The lowest BCUT2D eigenvalue weighted by Crippen LogP contribution is -2.44. The van der Waals surface area contributed by atoms with Gasteiger partial charge in [0, 0.05) is 24.7 Å². The highest BCUT2D eigenvalue weighted by molar-refractivity contribution is 7.86. The van der Waals surface area contributed by atoms with Crippen molar-refractivity contribution in [3.05, 3.63) is 77.9 Å². The second kappa shape index (κ2) is 11.5. The molecule has 0 aliphatic rings. The van der Waals surface area contributed by atoms with Crippen LogP contribution in [0.2, 0.25) is 0 Å². The summed E-state index contributed by atoms with van der Waals surface area (Å²) < 4.78 is 58.9. The lowest BCUT2D eigenvalue weighted by molar-refractivity contribution is -0.0205. The Morgan fingerprint density at radius 3 is 2.57 bits per heavy atom. The third kappa shape index (κ3) is 6.93. The molecule has 3 aromatic rings. The van der Waals surface area contributed by atoms with E-state index in [0.29, 0.717) is 18.1 Å². The number of benzene rings is 2. The van der Waals surface area contributed by atoms with Gasteiger partial charge in [-0.2, -0.15) is 13.5 Å². The standard InChI is InChI=1S/C24H26F2N4O4S/c1-3-11-29(14-19-5-8-21(9-6-19)35(32,33)34-12-4-2)15-24(31,16-30-18-27-17-28-30)22-10-7-20(25)13-23(22)26/h1,5-10,13,17-18,31H,4,11-12,14-16H2,2H3. The van der Waals surface area contributed by atoms with Crippen molar-refractivity contribution in [2.24, 2.45) is 0 Å². The number of terminal acetylenes is 1. The summed E-state index contributed by atoms with van der Waals surface area (Å²) in [5.74, 6) is 0.836. The number of rotatable bonds is 12. The molecule has 1 N–H and O–H groups in total. The maximum atomic E-state index is 14.7. The van der Waals surface area contributed by atoms with Crippen LogP contribution in [0.4, 0.5) is 8.78 Å². The lowest BCUT2D eigenvalue weighted by Gasteiger charge is -2.34. The zero-order chi connectivity index (χ0) is 25.5. The van der Waals surface area contributed by atoms with E-state index in [-0.39, 0.29) is 43.2 Å². The van der Waals surface area contributed by atoms with Crippen molar-refractivity contribution in [3.8, 4) is 12.3 Å². The Hall–Kier alpha value is -3.17. The summed E-state index contributed by atoms with van der Waals surface area (Å²) in [6.07, 6.45) is 8.74. The first kappa shape index (κ1) is 26.4. The van der Waals surface area contributed by atoms with Crippen LogP contribution in [0, 0.1) is 24.0 Å². The van der Waals surface area contributed by atoms with E-state index >= 15 is 0 Å². The Labute approximate surface area is 203 Å². The molecule has 0 amide bonds. The molecule has 35 heavy (non-hydrogen) atoms. The molecule has 0 aliphatic carbocycles. The van der Waals surface area contributed by atoms with Gasteiger partial charge in [0.2, 0.25) is 0 Å². The molecule has 0 fully saturated rings. The van der Waals surface area contributed by atoms with Crippen molar-refractivity contribution in [1.29, 1.82) is 0 Å². The molecule has 1 heterocycles. The van der Waals surface area contributed by atoms with Crippen LogP contribution in [0.5, 0.6) is 0 Å². The highest BCUT2D eigenvalue weighted by Crippen LogP contribution is 2.28. The van der Waals surface area contributed by atoms with Gasteiger partial charge in [-0.3, -0.25) is 9.08 Å². The number of aliphatic hydroxyl groups is 1. The van der Waals surface area contributed by atoms with Crippen molar-refractivity contribution < 1.29 is 26.5 Å². The van der Waals surface area contributed by atoms with Gasteiger partial charge in [-0.15, -0.1) is 6.42 Å². The van der Waals surface area contributed by atoms with Crippen LogP contribution in [0.1, 0.15) is 24.5 Å². The van der Waals surface area contributed by atoms with E-state index < -0.39 is 27.4 Å². The van der Waals surface area contributed by atoms with Gasteiger partial charge < -0.3 is 5.11 Å². The van der Waals surface area contributed by atoms with Crippen LogP contribution in [0.25, 0.3) is 0 Å². The Kier molecular flexibility index (Phi) is 8.69. The van der Waals surface area contributed by atoms with Crippen molar-refractivity contribution in [3.63, 3.8) is 0 Å². The third-order valence-electron chi connectivity index (χ3n) is 5.18. The molecule has 0 spiro atoms. The van der Waals surface area contributed by atoms with E-state index in [1.165, 1.54) is 35.5 Å². The number of aromatic nitrogens is 3. The molecule has 0 saturated carbocycles. The number of nitrogens with zero attached hydrogens (tertiary/aromatic N) is 4. The molecule has 1 unspecified atom stereocenters. The average Bonchev–Trinajstić information content (AvgIpc) is 3.30. The summed E-state index contributed by atoms with van der Waals surface area (Å²) in [7, 11) is -3.85. The fraction of sp³-hybridized carbons (Fsp3) is 0.333. The van der Waals surface area contributed by atoms with Gasteiger partial charge in [-0.05, 0) is 30.2 Å². The van der Waals surface area contributed by atoms with Gasteiger partial charge in [0.25, 0.3) is 10.1 Å². The minimum Gasteiger partial charge on any atom is -0.382 e. The first-order chi connectivity index (χ1) is 16.7. The van der Waals surface area contributed by atoms with E-state index in [2.05, 4.69) is 16.0 Å². The number of hydrogen-bond donors (Lipinski definition) is 1. The largest absolute Gasteiger partial charge is 0.382 e. The van der Waals surface area contributed by atoms with E-state index in [9.17, 15) is 22.3 Å². The number of halogens is 2. The maximum Gasteiger partial charge on any atom is 0.296 e. The fourth-order valence-corrected chi connectivity index (χ4v) is 4.61. The second-order valence-corrected chi connectivity index (χ2v) is 9.63. The molecule has 186 valence electrons. The topological polar surface area (TPSA) is 97.6 Å². The minimum absolute atomic E-state index is 0.0225. The molecule has 0 bridgehead atoms. The quantitative estimate of drug-likeness (QED) is 0.299. The average molecular weight is 505 g/mol. The predicted molar refractivity (Wildman–Crippen MR) is 124 cm³/mol. The van der Waals surface area contributed by atoms with Crippen molar-refractivity contribution in [2.75, 3.05) is 19.7 Å². The minimum atomic E-state index is -3.85. The monoisotopic (exact) mass is 504 g/mol. The first-order valence-electron chi connectivity index (χ1n) is 10.8. The molecule has 3 rings (SSSR count). The first-order valence-corrected chi connectivity index (χ1v) is 12.2. The fourth-order valence-electron chi connectivity index (χ4n) is 3.62. The van der Waals surface area contributed by atoms with Crippen molar-refractivity contribution >= 4 is 10.1 Å². The van der Waals surface area contributed by atoms with Crippen LogP contribution in [-0.2, 0) is 33.0 Å². The van der Waals surface area contributed by atoms with E-state index in [1.54, 1.807) is 24.0 Å². The molecule has 0 aliphatic heterocycles. The highest BCUT2D eigenvalue weighted by Gasteiger charge is 2.35. The Morgan fingerprint density at radius 2 is 1.97 bits per heavy atom. The molecular formula is C24H26F2N4O4S. The zero-order valence-corrected chi connectivity index (χ0v) is 20.0. The highest BCUT2D eigenvalue weighted by atomic mass is 32.2.